The summed E-state index contributed by atoms with van der Waals surface area (Å²) in [7, 11) is 0. The minimum atomic E-state index is -4.32. The lowest BCUT2D eigenvalue weighted by Gasteiger charge is -2.27. The van der Waals surface area contributed by atoms with Crippen LogP contribution >= 0.6 is 0 Å². The van der Waals surface area contributed by atoms with Gasteiger partial charge < -0.3 is 5.32 Å². The van der Waals surface area contributed by atoms with E-state index in [2.05, 4.69) is 22.4 Å². The van der Waals surface area contributed by atoms with E-state index in [0.717, 1.165) is 36.4 Å². The van der Waals surface area contributed by atoms with Crippen molar-refractivity contribution in [3.63, 3.8) is 0 Å². The largest absolute Gasteiger partial charge is 0.416 e. The van der Waals surface area contributed by atoms with Crippen molar-refractivity contribution in [2.45, 2.75) is 25.1 Å². The maximum Gasteiger partial charge on any atom is 0.416 e. The summed E-state index contributed by atoms with van der Waals surface area (Å²) in [5, 5.41) is 3.51. The van der Waals surface area contributed by atoms with Crippen molar-refractivity contribution in [3.8, 4) is 11.3 Å². The van der Waals surface area contributed by atoms with Gasteiger partial charge in [-0.05, 0) is 42.7 Å². The standard InChI is InChI=1S/C21H17F3N2/c22-21(23,24)16-8-6-15(7-9-16)18-11-13-19-20(26-18)12-10-17(25-19)14-4-2-1-3-5-14/h1-9,11,13,17,25H,10,12H2/t17-/m1/s1. The molecule has 1 aliphatic rings. The van der Waals surface area contributed by atoms with Crippen molar-refractivity contribution in [1.29, 1.82) is 0 Å². The van der Waals surface area contributed by atoms with Gasteiger partial charge in [-0.1, -0.05) is 42.5 Å². The van der Waals surface area contributed by atoms with Crippen LogP contribution in [0.4, 0.5) is 18.9 Å². The number of anilines is 1. The molecule has 2 nitrogen and oxygen atoms in total. The number of aromatic nitrogens is 1. The van der Waals surface area contributed by atoms with E-state index in [1.54, 1.807) is 0 Å². The molecule has 1 aromatic heterocycles. The van der Waals surface area contributed by atoms with E-state index >= 15 is 0 Å². The van der Waals surface area contributed by atoms with Gasteiger partial charge in [0, 0.05) is 5.56 Å². The fourth-order valence-electron chi connectivity index (χ4n) is 3.29. The van der Waals surface area contributed by atoms with E-state index in [4.69, 9.17) is 0 Å². The second-order valence-electron chi connectivity index (χ2n) is 6.41. The molecule has 132 valence electrons. The second kappa shape index (κ2) is 6.48. The Morgan fingerprint density at radius 1 is 0.885 bits per heavy atom. The fourth-order valence-corrected chi connectivity index (χ4v) is 3.29. The molecule has 0 saturated heterocycles. The zero-order valence-corrected chi connectivity index (χ0v) is 13.9. The molecule has 2 aromatic carbocycles. The first-order chi connectivity index (χ1) is 12.5. The first-order valence-electron chi connectivity index (χ1n) is 8.50. The number of aryl methyl sites for hydroxylation is 1. The van der Waals surface area contributed by atoms with Gasteiger partial charge in [-0.15, -0.1) is 0 Å². The lowest BCUT2D eigenvalue weighted by Crippen LogP contribution is -2.19. The zero-order valence-electron chi connectivity index (χ0n) is 13.9. The molecule has 2 heterocycles. The molecule has 5 heteroatoms. The lowest BCUT2D eigenvalue weighted by molar-refractivity contribution is -0.137. The highest BCUT2D eigenvalue weighted by molar-refractivity contribution is 5.64. The van der Waals surface area contributed by atoms with Crippen LogP contribution in [0.3, 0.4) is 0 Å². The normalized spacial score (nSPS) is 16.7. The average Bonchev–Trinajstić information content (AvgIpc) is 2.67. The summed E-state index contributed by atoms with van der Waals surface area (Å²) < 4.78 is 38.1. The van der Waals surface area contributed by atoms with Crippen LogP contribution in [0.15, 0.2) is 66.7 Å². The molecule has 1 atom stereocenters. The van der Waals surface area contributed by atoms with Gasteiger partial charge in [0.05, 0.1) is 28.7 Å². The number of benzene rings is 2. The highest BCUT2D eigenvalue weighted by atomic mass is 19.4. The van der Waals surface area contributed by atoms with Crippen LogP contribution < -0.4 is 5.32 Å². The molecule has 4 rings (SSSR count). The molecule has 26 heavy (non-hydrogen) atoms. The molecule has 3 aromatic rings. The van der Waals surface area contributed by atoms with Gasteiger partial charge in [-0.3, -0.25) is 4.98 Å². The number of nitrogens with one attached hydrogen (secondary N) is 1. The van der Waals surface area contributed by atoms with Crippen molar-refractivity contribution in [2.75, 3.05) is 5.32 Å². The Morgan fingerprint density at radius 2 is 1.62 bits per heavy atom. The van der Waals surface area contributed by atoms with E-state index in [1.165, 1.54) is 17.7 Å². The Kier molecular flexibility index (Phi) is 4.15. The maximum atomic E-state index is 12.7. The summed E-state index contributed by atoms with van der Waals surface area (Å²) >= 11 is 0. The van der Waals surface area contributed by atoms with Crippen LogP contribution in [0.2, 0.25) is 0 Å². The zero-order chi connectivity index (χ0) is 18.1. The van der Waals surface area contributed by atoms with E-state index < -0.39 is 11.7 Å². The molecule has 1 N–H and O–H groups in total. The van der Waals surface area contributed by atoms with Gasteiger partial charge >= 0.3 is 6.18 Å². The number of nitrogens with zero attached hydrogens (tertiary/aromatic N) is 1. The number of alkyl halides is 3. The van der Waals surface area contributed by atoms with Crippen LogP contribution in [0.25, 0.3) is 11.3 Å². The molecule has 0 saturated carbocycles. The Hall–Kier alpha value is -2.82. The van der Waals surface area contributed by atoms with Crippen molar-refractivity contribution in [2.24, 2.45) is 0 Å². The van der Waals surface area contributed by atoms with Gasteiger partial charge in [0.25, 0.3) is 0 Å². The molecular weight excluding hydrogens is 337 g/mol. The molecule has 0 unspecified atom stereocenters. The summed E-state index contributed by atoms with van der Waals surface area (Å²) in [6.45, 7) is 0. The molecule has 0 bridgehead atoms. The SMILES string of the molecule is FC(F)(F)c1ccc(-c2ccc3c(n2)CC[C@H](c2ccccc2)N3)cc1. The molecule has 0 radical (unpaired) electrons. The van der Waals surface area contributed by atoms with Gasteiger partial charge in [-0.2, -0.15) is 13.2 Å². The number of rotatable bonds is 2. The van der Waals surface area contributed by atoms with Gasteiger partial charge in [-0.25, -0.2) is 0 Å². The average molecular weight is 354 g/mol. The number of pyridine rings is 1. The summed E-state index contributed by atoms with van der Waals surface area (Å²) in [4.78, 5) is 4.66. The Labute approximate surface area is 149 Å². The molecule has 1 aliphatic heterocycles. The van der Waals surface area contributed by atoms with Crippen LogP contribution in [0.5, 0.6) is 0 Å². The van der Waals surface area contributed by atoms with E-state index in [9.17, 15) is 13.2 Å². The minimum Gasteiger partial charge on any atom is -0.377 e. The first kappa shape index (κ1) is 16.6. The summed E-state index contributed by atoms with van der Waals surface area (Å²) in [5.41, 5.74) is 3.91. The number of fused-ring (bicyclic) bond motifs is 1. The van der Waals surface area contributed by atoms with Crippen molar-refractivity contribution < 1.29 is 13.2 Å². The molecule has 0 fully saturated rings. The second-order valence-corrected chi connectivity index (χ2v) is 6.41. The van der Waals surface area contributed by atoms with E-state index in [1.807, 2.05) is 30.3 Å². The highest BCUT2D eigenvalue weighted by Gasteiger charge is 2.30. The summed E-state index contributed by atoms with van der Waals surface area (Å²) in [5.74, 6) is 0. The maximum absolute atomic E-state index is 12.7. The quantitative estimate of drug-likeness (QED) is 0.623. The summed E-state index contributed by atoms with van der Waals surface area (Å²) in [6.07, 6.45) is -2.56. The van der Waals surface area contributed by atoms with Crippen molar-refractivity contribution >= 4 is 5.69 Å². The van der Waals surface area contributed by atoms with Crippen LogP contribution in [-0.2, 0) is 12.6 Å². The minimum absolute atomic E-state index is 0.252. The predicted molar refractivity (Wildman–Crippen MR) is 95.8 cm³/mol. The van der Waals surface area contributed by atoms with E-state index in [-0.39, 0.29) is 6.04 Å². The number of halogens is 3. The third-order valence-electron chi connectivity index (χ3n) is 4.68. The fraction of sp³-hybridized carbons (Fsp3) is 0.190. The first-order valence-corrected chi connectivity index (χ1v) is 8.50. The number of hydrogen-bond acceptors (Lipinski definition) is 2. The predicted octanol–water partition coefficient (Wildman–Crippen LogP) is 5.87. The van der Waals surface area contributed by atoms with Gasteiger partial charge in [0.1, 0.15) is 0 Å². The Bertz CT molecular complexity index is 903. The van der Waals surface area contributed by atoms with E-state index in [0.29, 0.717) is 11.3 Å². The number of hydrogen-bond donors (Lipinski definition) is 1. The van der Waals surface area contributed by atoms with Crippen molar-refractivity contribution in [3.05, 3.63) is 83.6 Å². The van der Waals surface area contributed by atoms with Crippen LogP contribution in [0, 0.1) is 0 Å². The smallest absolute Gasteiger partial charge is 0.377 e. The Balaban J connectivity index is 1.57. The van der Waals surface area contributed by atoms with Crippen LogP contribution in [-0.4, -0.2) is 4.98 Å². The molecular formula is C21H17F3N2. The molecule has 0 amide bonds. The lowest BCUT2D eigenvalue weighted by atomic mass is 9.95. The van der Waals surface area contributed by atoms with Gasteiger partial charge in [0.15, 0.2) is 0 Å². The summed E-state index contributed by atoms with van der Waals surface area (Å²) in [6, 6.07) is 19.5. The topological polar surface area (TPSA) is 24.9 Å². The van der Waals surface area contributed by atoms with Gasteiger partial charge in [0.2, 0.25) is 0 Å². The molecule has 0 spiro atoms. The Morgan fingerprint density at radius 3 is 2.31 bits per heavy atom. The highest BCUT2D eigenvalue weighted by Crippen LogP contribution is 2.34. The van der Waals surface area contributed by atoms with Crippen LogP contribution in [0.1, 0.15) is 29.3 Å². The third kappa shape index (κ3) is 3.29. The monoisotopic (exact) mass is 354 g/mol. The van der Waals surface area contributed by atoms with Crippen molar-refractivity contribution in [1.82, 2.24) is 4.98 Å². The molecule has 0 aliphatic carbocycles. The third-order valence-corrected chi connectivity index (χ3v) is 4.68.